The van der Waals surface area contributed by atoms with Crippen LogP contribution in [0.4, 0.5) is 0 Å². The van der Waals surface area contributed by atoms with Crippen LogP contribution in [0.1, 0.15) is 44.1 Å². The first-order chi connectivity index (χ1) is 10.2. The molecule has 1 nitrogen and oxygen atoms in total. The summed E-state index contributed by atoms with van der Waals surface area (Å²) in [6.07, 6.45) is 9.08. The molecule has 8 rings (SSSR count). The van der Waals surface area contributed by atoms with Crippen molar-refractivity contribution >= 4 is 0 Å². The summed E-state index contributed by atoms with van der Waals surface area (Å²) in [5, 5.41) is 9.62. The van der Waals surface area contributed by atoms with E-state index >= 15 is 0 Å². The smallest absolute Gasteiger partial charge is 0.115 e. The van der Waals surface area contributed by atoms with Gasteiger partial charge in [0.25, 0.3) is 0 Å². The lowest BCUT2D eigenvalue weighted by atomic mass is 9.32. The molecule has 7 aliphatic rings. The summed E-state index contributed by atoms with van der Waals surface area (Å²) < 4.78 is 0. The summed E-state index contributed by atoms with van der Waals surface area (Å²) in [5.74, 6) is 7.94. The Bertz CT molecular complexity index is 540. The zero-order valence-electron chi connectivity index (χ0n) is 12.5. The maximum atomic E-state index is 9.62. The SMILES string of the molecule is Oc1ccc(C23CC4C5CC6CC4C(C2)C(C6)C5C3)cc1. The van der Waals surface area contributed by atoms with E-state index in [4.69, 9.17) is 0 Å². The van der Waals surface area contributed by atoms with Crippen molar-refractivity contribution in [3.8, 4) is 5.75 Å². The van der Waals surface area contributed by atoms with Gasteiger partial charge in [-0.3, -0.25) is 0 Å². The number of phenolic OH excluding ortho intramolecular Hbond substituents is 1. The molecule has 7 aliphatic carbocycles. The molecule has 1 aromatic rings. The highest BCUT2D eigenvalue weighted by molar-refractivity contribution is 5.35. The maximum Gasteiger partial charge on any atom is 0.115 e. The molecule has 21 heavy (non-hydrogen) atoms. The van der Waals surface area contributed by atoms with Crippen molar-refractivity contribution in [3.63, 3.8) is 0 Å². The molecular weight excluding hydrogens is 256 g/mol. The maximum absolute atomic E-state index is 9.62. The molecule has 8 bridgehead atoms. The Balaban J connectivity index is 1.47. The highest BCUT2D eigenvalue weighted by atomic mass is 16.3. The molecule has 0 aliphatic heterocycles. The van der Waals surface area contributed by atoms with Crippen LogP contribution >= 0.6 is 0 Å². The van der Waals surface area contributed by atoms with Gasteiger partial charge in [-0.1, -0.05) is 12.1 Å². The average Bonchev–Trinajstić information content (AvgIpc) is 2.52. The van der Waals surface area contributed by atoms with Crippen LogP contribution in [0, 0.1) is 41.4 Å². The van der Waals surface area contributed by atoms with E-state index in [1.165, 1.54) is 24.8 Å². The van der Waals surface area contributed by atoms with Crippen molar-refractivity contribution in [2.45, 2.75) is 43.9 Å². The van der Waals surface area contributed by atoms with Gasteiger partial charge in [0.2, 0.25) is 0 Å². The third-order valence-corrected chi connectivity index (χ3v) is 8.48. The fourth-order valence-corrected chi connectivity index (χ4v) is 8.08. The third-order valence-electron chi connectivity index (χ3n) is 8.48. The molecule has 0 atom stereocenters. The lowest BCUT2D eigenvalue weighted by Crippen LogP contribution is -2.66. The molecule has 0 spiro atoms. The zero-order valence-corrected chi connectivity index (χ0v) is 12.5. The lowest BCUT2D eigenvalue weighted by Gasteiger charge is -2.72. The minimum Gasteiger partial charge on any atom is -0.508 e. The van der Waals surface area contributed by atoms with Gasteiger partial charge in [-0.2, -0.15) is 0 Å². The summed E-state index contributed by atoms with van der Waals surface area (Å²) in [5.41, 5.74) is 2.01. The van der Waals surface area contributed by atoms with Crippen molar-refractivity contribution in [1.29, 1.82) is 0 Å². The lowest BCUT2D eigenvalue weighted by molar-refractivity contribution is -0.212. The predicted molar refractivity (Wildman–Crippen MR) is 81.9 cm³/mol. The molecule has 0 unspecified atom stereocenters. The summed E-state index contributed by atoms with van der Waals surface area (Å²) in [7, 11) is 0. The number of hydrogen-bond donors (Lipinski definition) is 1. The monoisotopic (exact) mass is 280 g/mol. The van der Waals surface area contributed by atoms with Crippen molar-refractivity contribution in [2.24, 2.45) is 41.4 Å². The van der Waals surface area contributed by atoms with Gasteiger partial charge >= 0.3 is 0 Å². The van der Waals surface area contributed by atoms with Crippen molar-refractivity contribution in [2.75, 3.05) is 0 Å². The van der Waals surface area contributed by atoms with Crippen molar-refractivity contribution < 1.29 is 5.11 Å². The topological polar surface area (TPSA) is 20.2 Å². The summed E-state index contributed by atoms with van der Waals surface area (Å²) in [6, 6.07) is 8.27. The minimum atomic E-state index is 0.419. The van der Waals surface area contributed by atoms with Gasteiger partial charge in [0, 0.05) is 0 Å². The van der Waals surface area contributed by atoms with Crippen LogP contribution in [-0.2, 0) is 5.41 Å². The van der Waals surface area contributed by atoms with Crippen molar-refractivity contribution in [3.05, 3.63) is 29.8 Å². The fourth-order valence-electron chi connectivity index (χ4n) is 8.08. The molecule has 0 amide bonds. The Labute approximate surface area is 126 Å². The molecule has 1 heteroatoms. The number of aromatic hydroxyl groups is 1. The van der Waals surface area contributed by atoms with E-state index in [-0.39, 0.29) is 0 Å². The Morgan fingerprint density at radius 2 is 1.19 bits per heavy atom. The molecule has 0 heterocycles. The summed E-state index contributed by atoms with van der Waals surface area (Å²) in [4.78, 5) is 0. The molecule has 0 saturated heterocycles. The van der Waals surface area contributed by atoms with E-state index in [0.717, 1.165) is 41.4 Å². The molecule has 0 aromatic heterocycles. The first-order valence-corrected chi connectivity index (χ1v) is 9.03. The van der Waals surface area contributed by atoms with E-state index in [1.54, 1.807) is 19.3 Å². The molecule has 1 aromatic carbocycles. The van der Waals surface area contributed by atoms with Crippen molar-refractivity contribution in [1.82, 2.24) is 0 Å². The average molecular weight is 280 g/mol. The molecule has 0 radical (unpaired) electrons. The van der Waals surface area contributed by atoms with E-state index in [9.17, 15) is 5.11 Å². The zero-order chi connectivity index (χ0) is 13.8. The van der Waals surface area contributed by atoms with Crippen LogP contribution < -0.4 is 0 Å². The Hall–Kier alpha value is -0.980. The van der Waals surface area contributed by atoms with Crippen LogP contribution in [0.25, 0.3) is 0 Å². The highest BCUT2D eigenvalue weighted by Crippen LogP contribution is 2.74. The first kappa shape index (κ1) is 11.6. The molecule has 110 valence electrons. The predicted octanol–water partition coefficient (Wildman–Crippen LogP) is 4.35. The molecule has 1 N–H and O–H groups in total. The number of hydrogen-bond acceptors (Lipinski definition) is 1. The molecule has 7 saturated carbocycles. The van der Waals surface area contributed by atoms with Gasteiger partial charge in [-0.25, -0.2) is 0 Å². The Morgan fingerprint density at radius 3 is 1.67 bits per heavy atom. The van der Waals surface area contributed by atoms with Gasteiger partial charge in [0.05, 0.1) is 0 Å². The van der Waals surface area contributed by atoms with Gasteiger partial charge in [-0.15, -0.1) is 0 Å². The van der Waals surface area contributed by atoms with Gasteiger partial charge < -0.3 is 5.11 Å². The van der Waals surface area contributed by atoms with E-state index < -0.39 is 0 Å². The van der Waals surface area contributed by atoms with Gasteiger partial charge in [-0.05, 0) is 103 Å². The number of benzene rings is 1. The number of phenols is 1. The molecular formula is C20H24O. The summed E-state index contributed by atoms with van der Waals surface area (Å²) in [6.45, 7) is 0. The van der Waals surface area contributed by atoms with Crippen LogP contribution in [0.5, 0.6) is 5.75 Å². The van der Waals surface area contributed by atoms with Crippen LogP contribution in [0.15, 0.2) is 24.3 Å². The Morgan fingerprint density at radius 1 is 0.714 bits per heavy atom. The second kappa shape index (κ2) is 3.50. The highest BCUT2D eigenvalue weighted by Gasteiger charge is 2.67. The Kier molecular flexibility index (Phi) is 1.93. The normalized spacial score (nSPS) is 55.3. The molecule has 7 fully saturated rings. The standard InChI is InChI=1S/C20H24O/c21-13-3-1-12(2-4-13)20-8-17-14-5-11-6-15(17)19(10-20)16(7-11)18(14)9-20/h1-4,11,14-19,21H,5-10H2. The second-order valence-corrected chi connectivity index (χ2v) is 9.00. The van der Waals surface area contributed by atoms with E-state index in [0.29, 0.717) is 11.2 Å². The largest absolute Gasteiger partial charge is 0.508 e. The van der Waals surface area contributed by atoms with Crippen LogP contribution in [-0.4, -0.2) is 5.11 Å². The quantitative estimate of drug-likeness (QED) is 0.810. The van der Waals surface area contributed by atoms with Gasteiger partial charge in [0.1, 0.15) is 5.75 Å². The number of rotatable bonds is 1. The summed E-state index contributed by atoms with van der Waals surface area (Å²) >= 11 is 0. The fraction of sp³-hybridized carbons (Fsp3) is 0.700. The first-order valence-electron chi connectivity index (χ1n) is 9.03. The van der Waals surface area contributed by atoms with Crippen LogP contribution in [0.2, 0.25) is 0 Å². The van der Waals surface area contributed by atoms with Gasteiger partial charge in [0.15, 0.2) is 0 Å². The van der Waals surface area contributed by atoms with E-state index in [1.807, 2.05) is 12.1 Å². The minimum absolute atomic E-state index is 0.419. The second-order valence-electron chi connectivity index (χ2n) is 9.00. The van der Waals surface area contributed by atoms with E-state index in [2.05, 4.69) is 12.1 Å². The van der Waals surface area contributed by atoms with Crippen LogP contribution in [0.3, 0.4) is 0 Å². The third kappa shape index (κ3) is 1.26.